The first-order chi connectivity index (χ1) is 9.97. The minimum absolute atomic E-state index is 0.0982. The van der Waals surface area contributed by atoms with Crippen molar-refractivity contribution in [2.45, 2.75) is 45.8 Å². The Kier molecular flexibility index (Phi) is 4.77. The van der Waals surface area contributed by atoms with Crippen molar-refractivity contribution in [3.05, 3.63) is 11.9 Å². The molecule has 1 unspecified atom stereocenters. The van der Waals surface area contributed by atoms with E-state index in [0.717, 1.165) is 19.4 Å². The first-order valence-electron chi connectivity index (χ1n) is 7.12. The van der Waals surface area contributed by atoms with Gasteiger partial charge in [-0.2, -0.15) is 0 Å². The molecule has 1 aromatic rings. The summed E-state index contributed by atoms with van der Waals surface area (Å²) in [7, 11) is 0. The number of carbonyl (C=O) groups is 2. The van der Waals surface area contributed by atoms with Gasteiger partial charge in [-0.25, -0.2) is 9.48 Å². The molecule has 0 saturated carbocycles. The number of likely N-dealkylation sites (tertiary alicyclic amines) is 1. The van der Waals surface area contributed by atoms with E-state index < -0.39 is 5.97 Å². The van der Waals surface area contributed by atoms with E-state index in [2.05, 4.69) is 29.5 Å². The third kappa shape index (κ3) is 3.93. The molecule has 2 N–H and O–H groups in total. The molecule has 8 heteroatoms. The lowest BCUT2D eigenvalue weighted by molar-refractivity contribution is -0.137. The number of hydrogen-bond donors (Lipinski definition) is 2. The molecule has 2 heterocycles. The smallest absolute Gasteiger partial charge is 0.325 e. The Hall–Kier alpha value is -2.12. The number of nitrogens with zero attached hydrogens (tertiary/aromatic N) is 4. The number of nitrogens with one attached hydrogen (secondary N) is 1. The fourth-order valence-electron chi connectivity index (χ4n) is 2.64. The number of aliphatic carboxylic acids is 1. The maximum Gasteiger partial charge on any atom is 0.325 e. The number of urea groups is 1. The summed E-state index contributed by atoms with van der Waals surface area (Å²) in [5.74, 6) is -0.540. The second-order valence-corrected chi connectivity index (χ2v) is 5.61. The first kappa shape index (κ1) is 15.3. The zero-order valence-corrected chi connectivity index (χ0v) is 12.3. The fraction of sp³-hybridized carbons (Fsp3) is 0.692. The lowest BCUT2D eigenvalue weighted by Crippen LogP contribution is -2.44. The van der Waals surface area contributed by atoms with Crippen molar-refractivity contribution in [2.24, 2.45) is 5.92 Å². The summed E-state index contributed by atoms with van der Waals surface area (Å²) in [6.07, 6.45) is 3.60. The number of rotatable bonds is 5. The van der Waals surface area contributed by atoms with Crippen LogP contribution < -0.4 is 5.32 Å². The van der Waals surface area contributed by atoms with Crippen molar-refractivity contribution >= 4 is 12.0 Å². The van der Waals surface area contributed by atoms with E-state index in [-0.39, 0.29) is 25.2 Å². The van der Waals surface area contributed by atoms with Crippen molar-refractivity contribution in [2.75, 3.05) is 6.54 Å². The summed E-state index contributed by atoms with van der Waals surface area (Å²) >= 11 is 0. The van der Waals surface area contributed by atoms with Crippen LogP contribution in [-0.4, -0.2) is 49.6 Å². The van der Waals surface area contributed by atoms with Crippen LogP contribution in [0.1, 0.15) is 32.4 Å². The monoisotopic (exact) mass is 295 g/mol. The van der Waals surface area contributed by atoms with Crippen LogP contribution in [0, 0.1) is 5.92 Å². The summed E-state index contributed by atoms with van der Waals surface area (Å²) < 4.78 is 1.23. The van der Waals surface area contributed by atoms with Crippen LogP contribution in [0.3, 0.4) is 0 Å². The number of amides is 2. The highest BCUT2D eigenvalue weighted by molar-refractivity contribution is 5.74. The Morgan fingerprint density at radius 3 is 2.95 bits per heavy atom. The molecule has 1 aliphatic heterocycles. The van der Waals surface area contributed by atoms with Gasteiger partial charge in [0.2, 0.25) is 0 Å². The molecular weight excluding hydrogens is 274 g/mol. The Bertz CT molecular complexity index is 514. The van der Waals surface area contributed by atoms with Crippen LogP contribution >= 0.6 is 0 Å². The van der Waals surface area contributed by atoms with Crippen LogP contribution in [0.15, 0.2) is 6.20 Å². The van der Waals surface area contributed by atoms with E-state index in [1.54, 1.807) is 0 Å². The predicted octanol–water partition coefficient (Wildman–Crippen LogP) is 0.693. The van der Waals surface area contributed by atoms with Crippen molar-refractivity contribution < 1.29 is 14.7 Å². The molecule has 116 valence electrons. The first-order valence-corrected chi connectivity index (χ1v) is 7.12. The number of carboxylic acid groups (broad SMARTS) is 1. The van der Waals surface area contributed by atoms with Gasteiger partial charge < -0.3 is 15.3 Å². The van der Waals surface area contributed by atoms with Crippen LogP contribution in [0.4, 0.5) is 4.79 Å². The molecule has 2 amide bonds. The second kappa shape index (κ2) is 6.55. The Labute approximate surface area is 123 Å². The lowest BCUT2D eigenvalue weighted by atomic mass is 10.0. The van der Waals surface area contributed by atoms with Gasteiger partial charge >= 0.3 is 12.0 Å². The molecule has 0 radical (unpaired) electrons. The number of hydrogen-bond acceptors (Lipinski definition) is 4. The summed E-state index contributed by atoms with van der Waals surface area (Å²) in [6.45, 7) is 5.03. The fourth-order valence-corrected chi connectivity index (χ4v) is 2.64. The largest absolute Gasteiger partial charge is 0.480 e. The Morgan fingerprint density at radius 1 is 1.52 bits per heavy atom. The highest BCUT2D eigenvalue weighted by Gasteiger charge is 2.30. The zero-order valence-electron chi connectivity index (χ0n) is 12.3. The van der Waals surface area contributed by atoms with Crippen molar-refractivity contribution in [1.29, 1.82) is 0 Å². The molecule has 2 rings (SSSR count). The standard InChI is InChI=1S/C13H21N5O3/c1-9(2)11-4-3-5-18(11)13(21)14-6-10-7-17(16-15-10)8-12(19)20/h7,9,11H,3-6,8H2,1-2H3,(H,14,21)(H,19,20). The van der Waals surface area contributed by atoms with Crippen LogP contribution in [0.25, 0.3) is 0 Å². The minimum Gasteiger partial charge on any atom is -0.480 e. The van der Waals surface area contributed by atoms with E-state index in [1.807, 2.05) is 4.90 Å². The third-order valence-electron chi connectivity index (χ3n) is 3.63. The van der Waals surface area contributed by atoms with Crippen molar-refractivity contribution in [3.63, 3.8) is 0 Å². The maximum atomic E-state index is 12.2. The van der Waals surface area contributed by atoms with Gasteiger partial charge in [0, 0.05) is 12.6 Å². The summed E-state index contributed by atoms with van der Waals surface area (Å²) in [4.78, 5) is 24.6. The van der Waals surface area contributed by atoms with Gasteiger partial charge in [0.25, 0.3) is 0 Å². The van der Waals surface area contributed by atoms with Gasteiger partial charge in [-0.15, -0.1) is 5.10 Å². The van der Waals surface area contributed by atoms with Gasteiger partial charge in [0.05, 0.1) is 12.7 Å². The quantitative estimate of drug-likeness (QED) is 0.832. The molecule has 0 spiro atoms. The van der Waals surface area contributed by atoms with Crippen molar-refractivity contribution in [1.82, 2.24) is 25.2 Å². The average molecular weight is 295 g/mol. The molecule has 21 heavy (non-hydrogen) atoms. The van der Waals surface area contributed by atoms with Gasteiger partial charge in [-0.3, -0.25) is 4.79 Å². The van der Waals surface area contributed by atoms with E-state index in [4.69, 9.17) is 5.11 Å². The van der Waals surface area contributed by atoms with Crippen molar-refractivity contribution in [3.8, 4) is 0 Å². The highest BCUT2D eigenvalue weighted by atomic mass is 16.4. The average Bonchev–Trinajstić information content (AvgIpc) is 3.03. The molecule has 0 aliphatic carbocycles. The van der Waals surface area contributed by atoms with Gasteiger partial charge in [0.1, 0.15) is 12.2 Å². The topological polar surface area (TPSA) is 100 Å². The zero-order chi connectivity index (χ0) is 15.4. The third-order valence-corrected chi connectivity index (χ3v) is 3.63. The minimum atomic E-state index is -0.979. The SMILES string of the molecule is CC(C)C1CCCN1C(=O)NCc1cn(CC(=O)O)nn1. The second-order valence-electron chi connectivity index (χ2n) is 5.61. The number of aromatic nitrogens is 3. The molecule has 0 bridgehead atoms. The molecule has 1 atom stereocenters. The van der Waals surface area contributed by atoms with E-state index >= 15 is 0 Å². The molecule has 0 aromatic carbocycles. The molecule has 8 nitrogen and oxygen atoms in total. The summed E-state index contributed by atoms with van der Waals surface area (Å²) in [6, 6.07) is 0.187. The Morgan fingerprint density at radius 2 is 2.29 bits per heavy atom. The predicted molar refractivity (Wildman–Crippen MR) is 74.5 cm³/mol. The maximum absolute atomic E-state index is 12.2. The number of carbonyl (C=O) groups excluding carboxylic acids is 1. The van der Waals surface area contributed by atoms with Gasteiger partial charge in [0.15, 0.2) is 0 Å². The van der Waals surface area contributed by atoms with E-state index in [0.29, 0.717) is 11.6 Å². The normalized spacial score (nSPS) is 18.2. The number of carboxylic acids is 1. The summed E-state index contributed by atoms with van der Waals surface area (Å²) in [5, 5.41) is 19.0. The molecule has 1 aliphatic rings. The van der Waals surface area contributed by atoms with E-state index in [1.165, 1.54) is 10.9 Å². The van der Waals surface area contributed by atoms with Crippen LogP contribution in [0.2, 0.25) is 0 Å². The molecule has 1 fully saturated rings. The van der Waals surface area contributed by atoms with Gasteiger partial charge in [-0.05, 0) is 18.8 Å². The molecule has 1 aromatic heterocycles. The lowest BCUT2D eigenvalue weighted by Gasteiger charge is -2.27. The Balaban J connectivity index is 1.86. The molecule has 1 saturated heterocycles. The van der Waals surface area contributed by atoms with Crippen LogP contribution in [-0.2, 0) is 17.9 Å². The van der Waals surface area contributed by atoms with Crippen LogP contribution in [0.5, 0.6) is 0 Å². The molecular formula is C13H21N5O3. The highest BCUT2D eigenvalue weighted by Crippen LogP contribution is 2.23. The van der Waals surface area contributed by atoms with Gasteiger partial charge in [-0.1, -0.05) is 19.1 Å². The summed E-state index contributed by atoms with van der Waals surface area (Å²) in [5.41, 5.74) is 0.546. The van der Waals surface area contributed by atoms with E-state index in [9.17, 15) is 9.59 Å².